The zero-order chi connectivity index (χ0) is 23.4. The van der Waals surface area contributed by atoms with E-state index in [1.54, 1.807) is 26.2 Å². The van der Waals surface area contributed by atoms with E-state index in [4.69, 9.17) is 4.74 Å². The van der Waals surface area contributed by atoms with Gasteiger partial charge in [0.2, 0.25) is 0 Å². The number of nitro benzene ring substituents is 1. The molecule has 168 valence electrons. The van der Waals surface area contributed by atoms with Crippen molar-refractivity contribution >= 4 is 17.3 Å². The highest BCUT2D eigenvalue weighted by Gasteiger charge is 2.39. The van der Waals surface area contributed by atoms with Gasteiger partial charge in [0.25, 0.3) is 11.6 Å². The van der Waals surface area contributed by atoms with Crippen molar-refractivity contribution in [2.45, 2.75) is 19.6 Å². The number of non-ortho nitro benzene ring substituents is 1. The highest BCUT2D eigenvalue weighted by Crippen LogP contribution is 2.34. The molecule has 1 amide bonds. The van der Waals surface area contributed by atoms with Crippen molar-refractivity contribution in [1.82, 2.24) is 9.91 Å². The number of rotatable bonds is 7. The maximum atomic E-state index is 13.1. The fourth-order valence-corrected chi connectivity index (χ4v) is 3.89. The average Bonchev–Trinajstić information content (AvgIpc) is 3.13. The largest absolute Gasteiger partial charge is 0.497 e. The number of carbonyl (C=O) groups is 1. The Morgan fingerprint density at radius 3 is 2.48 bits per heavy atom. The minimum atomic E-state index is -0.444. The summed E-state index contributed by atoms with van der Waals surface area (Å²) in [5, 5.41) is 17.1. The van der Waals surface area contributed by atoms with Gasteiger partial charge in [0.05, 0.1) is 24.3 Å². The van der Waals surface area contributed by atoms with E-state index in [0.717, 1.165) is 11.1 Å². The standard InChI is InChI=1S/C25H24N4O4/c1-18(20-11-13-22(14-12-20)29(31)32)26-28-24(30)17-27(16-19-7-4-3-5-8-19)25(28)21-9-6-10-23(15-21)33-2/h3-15,25H,16-17H2,1-2H3/b26-18-/t25-/m0/s1. The topological polar surface area (TPSA) is 88.3 Å². The lowest BCUT2D eigenvalue weighted by Gasteiger charge is -2.28. The number of methoxy groups -OCH3 is 1. The lowest BCUT2D eigenvalue weighted by molar-refractivity contribution is -0.384. The van der Waals surface area contributed by atoms with E-state index in [2.05, 4.69) is 10.0 Å². The molecule has 0 bridgehead atoms. The second-order valence-electron chi connectivity index (χ2n) is 7.77. The predicted molar refractivity (Wildman–Crippen MR) is 125 cm³/mol. The van der Waals surface area contributed by atoms with Crippen LogP contribution in [0.3, 0.4) is 0 Å². The molecule has 3 aromatic carbocycles. The number of amides is 1. The zero-order valence-corrected chi connectivity index (χ0v) is 18.4. The quantitative estimate of drug-likeness (QED) is 0.307. The highest BCUT2D eigenvalue weighted by molar-refractivity contribution is 5.99. The molecule has 0 spiro atoms. The summed E-state index contributed by atoms with van der Waals surface area (Å²) in [5.74, 6) is 0.572. The molecular weight excluding hydrogens is 420 g/mol. The molecule has 1 fully saturated rings. The predicted octanol–water partition coefficient (Wildman–Crippen LogP) is 4.37. The molecule has 1 atom stereocenters. The maximum Gasteiger partial charge on any atom is 0.269 e. The van der Waals surface area contributed by atoms with Crippen LogP contribution in [0, 0.1) is 10.1 Å². The highest BCUT2D eigenvalue weighted by atomic mass is 16.6. The Bertz CT molecular complexity index is 1180. The van der Waals surface area contributed by atoms with Crippen LogP contribution < -0.4 is 4.74 Å². The van der Waals surface area contributed by atoms with Crippen LogP contribution >= 0.6 is 0 Å². The van der Waals surface area contributed by atoms with Crippen LogP contribution in [0.25, 0.3) is 0 Å². The Balaban J connectivity index is 1.70. The summed E-state index contributed by atoms with van der Waals surface area (Å²) >= 11 is 0. The Morgan fingerprint density at radius 2 is 1.82 bits per heavy atom. The molecule has 0 aromatic heterocycles. The van der Waals surface area contributed by atoms with Gasteiger partial charge in [0.1, 0.15) is 11.9 Å². The van der Waals surface area contributed by atoms with Gasteiger partial charge in [-0.2, -0.15) is 5.10 Å². The van der Waals surface area contributed by atoms with Gasteiger partial charge in [-0.25, -0.2) is 5.01 Å². The summed E-state index contributed by atoms with van der Waals surface area (Å²) in [6.45, 7) is 2.59. The first-order valence-corrected chi connectivity index (χ1v) is 10.5. The minimum Gasteiger partial charge on any atom is -0.497 e. The number of hydrogen-bond acceptors (Lipinski definition) is 6. The van der Waals surface area contributed by atoms with Gasteiger partial charge in [-0.3, -0.25) is 19.8 Å². The summed E-state index contributed by atoms with van der Waals surface area (Å²) in [7, 11) is 1.61. The Morgan fingerprint density at radius 1 is 1.09 bits per heavy atom. The number of hydrogen-bond donors (Lipinski definition) is 0. The van der Waals surface area contributed by atoms with Crippen LogP contribution in [0.4, 0.5) is 5.69 Å². The number of nitro groups is 1. The van der Waals surface area contributed by atoms with Crippen LogP contribution in [0.15, 0.2) is 84.0 Å². The summed E-state index contributed by atoms with van der Waals surface area (Å²) in [6.07, 6.45) is -0.416. The molecule has 0 aliphatic carbocycles. The van der Waals surface area contributed by atoms with Crippen LogP contribution in [-0.4, -0.2) is 40.1 Å². The molecule has 0 N–H and O–H groups in total. The third-order valence-electron chi connectivity index (χ3n) is 5.55. The van der Waals surface area contributed by atoms with Gasteiger partial charge in [-0.15, -0.1) is 0 Å². The summed E-state index contributed by atoms with van der Waals surface area (Å²) in [6, 6.07) is 23.7. The normalized spacial score (nSPS) is 16.8. The fourth-order valence-electron chi connectivity index (χ4n) is 3.89. The molecule has 8 nitrogen and oxygen atoms in total. The van der Waals surface area contributed by atoms with Gasteiger partial charge < -0.3 is 4.74 Å². The fraction of sp³-hybridized carbons (Fsp3) is 0.200. The number of benzene rings is 3. The van der Waals surface area contributed by atoms with Crippen molar-refractivity contribution in [3.63, 3.8) is 0 Å². The van der Waals surface area contributed by atoms with E-state index in [-0.39, 0.29) is 18.1 Å². The van der Waals surface area contributed by atoms with E-state index in [0.29, 0.717) is 23.6 Å². The smallest absolute Gasteiger partial charge is 0.269 e. The van der Waals surface area contributed by atoms with Gasteiger partial charge in [0.15, 0.2) is 0 Å². The molecule has 8 heteroatoms. The van der Waals surface area contributed by atoms with Crippen LogP contribution in [-0.2, 0) is 11.3 Å². The van der Waals surface area contributed by atoms with E-state index >= 15 is 0 Å². The number of hydrazone groups is 1. The first-order chi connectivity index (χ1) is 16.0. The van der Waals surface area contributed by atoms with Crippen LogP contribution in [0.5, 0.6) is 5.75 Å². The van der Waals surface area contributed by atoms with Crippen LogP contribution in [0.2, 0.25) is 0 Å². The molecule has 1 aliphatic rings. The average molecular weight is 444 g/mol. The molecule has 4 rings (SSSR count). The molecular formula is C25H24N4O4. The molecule has 1 aliphatic heterocycles. The molecule has 0 saturated carbocycles. The van der Waals surface area contributed by atoms with Gasteiger partial charge in [-0.1, -0.05) is 42.5 Å². The zero-order valence-electron chi connectivity index (χ0n) is 18.4. The molecule has 0 unspecified atom stereocenters. The molecule has 1 saturated heterocycles. The lowest BCUT2D eigenvalue weighted by Crippen LogP contribution is -2.29. The Hall–Kier alpha value is -4.04. The van der Waals surface area contributed by atoms with Crippen molar-refractivity contribution in [3.8, 4) is 5.75 Å². The molecule has 0 radical (unpaired) electrons. The maximum absolute atomic E-state index is 13.1. The minimum absolute atomic E-state index is 0.00657. The van der Waals surface area contributed by atoms with E-state index < -0.39 is 11.1 Å². The molecule has 33 heavy (non-hydrogen) atoms. The van der Waals surface area contributed by atoms with Crippen LogP contribution in [0.1, 0.15) is 29.8 Å². The van der Waals surface area contributed by atoms with Crippen molar-refractivity contribution < 1.29 is 14.5 Å². The lowest BCUT2D eigenvalue weighted by atomic mass is 10.1. The second kappa shape index (κ2) is 9.62. The summed E-state index contributed by atoms with van der Waals surface area (Å²) < 4.78 is 5.40. The van der Waals surface area contributed by atoms with E-state index in [1.807, 2.05) is 54.6 Å². The third-order valence-corrected chi connectivity index (χ3v) is 5.55. The monoisotopic (exact) mass is 444 g/mol. The van der Waals surface area contributed by atoms with Crippen molar-refractivity contribution in [3.05, 3.63) is 106 Å². The number of ether oxygens (including phenoxy) is 1. The second-order valence-corrected chi connectivity index (χ2v) is 7.77. The number of carbonyl (C=O) groups excluding carboxylic acids is 1. The Labute approximate surface area is 191 Å². The van der Waals surface area contributed by atoms with Gasteiger partial charge >= 0.3 is 0 Å². The molecule has 1 heterocycles. The van der Waals surface area contributed by atoms with Crippen molar-refractivity contribution in [2.24, 2.45) is 5.10 Å². The van der Waals surface area contributed by atoms with Crippen molar-refractivity contribution in [1.29, 1.82) is 0 Å². The van der Waals surface area contributed by atoms with E-state index in [1.165, 1.54) is 17.1 Å². The van der Waals surface area contributed by atoms with Gasteiger partial charge in [-0.05, 0) is 47.9 Å². The van der Waals surface area contributed by atoms with Crippen molar-refractivity contribution in [2.75, 3.05) is 13.7 Å². The SMILES string of the molecule is COc1cccc([C@H]2N(Cc3ccccc3)CC(=O)N2/N=C(/C)c2ccc([N+](=O)[O-])cc2)c1. The van der Waals surface area contributed by atoms with Gasteiger partial charge in [0, 0.05) is 18.7 Å². The summed E-state index contributed by atoms with van der Waals surface area (Å²) in [5.41, 5.74) is 3.28. The Kier molecular flexibility index (Phi) is 6.46. The third kappa shape index (κ3) is 4.91. The summed E-state index contributed by atoms with van der Waals surface area (Å²) in [4.78, 5) is 25.7. The van der Waals surface area contributed by atoms with E-state index in [9.17, 15) is 14.9 Å². The number of nitrogens with zero attached hydrogens (tertiary/aromatic N) is 4. The first-order valence-electron chi connectivity index (χ1n) is 10.5. The molecule has 3 aromatic rings. The first kappa shape index (κ1) is 22.2.